The third kappa shape index (κ3) is 4.48. The molecule has 2 atom stereocenters. The summed E-state index contributed by atoms with van der Waals surface area (Å²) in [5.74, 6) is -1.24. The summed E-state index contributed by atoms with van der Waals surface area (Å²) in [5.41, 5.74) is 0.494. The van der Waals surface area contributed by atoms with Gasteiger partial charge in [0.2, 0.25) is 0 Å². The van der Waals surface area contributed by atoms with Gasteiger partial charge in [-0.15, -0.1) is 0 Å². The van der Waals surface area contributed by atoms with Crippen LogP contribution in [0, 0.1) is 0 Å². The van der Waals surface area contributed by atoms with Gasteiger partial charge in [-0.3, -0.25) is 4.79 Å². The normalized spacial score (nSPS) is 21.8. The molecule has 6 heteroatoms. The van der Waals surface area contributed by atoms with Gasteiger partial charge in [-0.2, -0.15) is 11.8 Å². The number of nitrogens with one attached hydrogen (secondary N) is 1. The summed E-state index contributed by atoms with van der Waals surface area (Å²) in [5, 5.41) is 12.7. The zero-order valence-corrected chi connectivity index (χ0v) is 14.2. The predicted octanol–water partition coefficient (Wildman–Crippen LogP) is 3.55. The first-order valence-electron chi connectivity index (χ1n) is 6.87. The summed E-state index contributed by atoms with van der Waals surface area (Å²) in [6.45, 7) is 0. The zero-order valence-electron chi connectivity index (χ0n) is 11.8. The van der Waals surface area contributed by atoms with Gasteiger partial charge in [-0.05, 0) is 43.7 Å². The Morgan fingerprint density at radius 1 is 1.29 bits per heavy atom. The van der Waals surface area contributed by atoms with Crippen LogP contribution in [0.4, 0.5) is 0 Å². The summed E-state index contributed by atoms with van der Waals surface area (Å²) < 4.78 is 0.596. The van der Waals surface area contributed by atoms with Crippen LogP contribution in [-0.4, -0.2) is 34.5 Å². The van der Waals surface area contributed by atoms with Crippen LogP contribution >= 0.6 is 27.7 Å². The molecule has 4 nitrogen and oxygen atoms in total. The molecule has 2 rings (SSSR count). The number of rotatable bonds is 4. The van der Waals surface area contributed by atoms with E-state index in [1.54, 1.807) is 6.07 Å². The van der Waals surface area contributed by atoms with E-state index in [0.717, 1.165) is 19.3 Å². The number of halogens is 1. The lowest BCUT2D eigenvalue weighted by Gasteiger charge is -2.28. The van der Waals surface area contributed by atoms with Crippen LogP contribution in [0.5, 0.6) is 0 Å². The number of aromatic carboxylic acids is 1. The molecule has 2 N–H and O–H groups in total. The van der Waals surface area contributed by atoms with Gasteiger partial charge in [0.25, 0.3) is 5.91 Å². The number of carboxylic acids is 1. The minimum absolute atomic E-state index is 0.111. The first kappa shape index (κ1) is 16.4. The number of carbonyl (C=O) groups excluding carboxylic acids is 1. The summed E-state index contributed by atoms with van der Waals surface area (Å²) in [6.07, 6.45) is 6.39. The molecule has 21 heavy (non-hydrogen) atoms. The molecule has 0 aromatic heterocycles. The lowest BCUT2D eigenvalue weighted by Crippen LogP contribution is -2.39. The van der Waals surface area contributed by atoms with Crippen LogP contribution in [0.3, 0.4) is 0 Å². The monoisotopic (exact) mass is 371 g/mol. The second kappa shape index (κ2) is 7.31. The maximum atomic E-state index is 12.3. The fourth-order valence-corrected chi connectivity index (χ4v) is 3.92. The smallest absolute Gasteiger partial charge is 0.335 e. The Balaban J connectivity index is 2.08. The van der Waals surface area contributed by atoms with E-state index in [-0.39, 0.29) is 17.5 Å². The highest BCUT2D eigenvalue weighted by Gasteiger charge is 2.23. The first-order chi connectivity index (χ1) is 9.99. The Morgan fingerprint density at radius 2 is 2.00 bits per heavy atom. The van der Waals surface area contributed by atoms with Crippen LogP contribution in [0.1, 0.15) is 46.4 Å². The highest BCUT2D eigenvalue weighted by Crippen LogP contribution is 2.27. The van der Waals surface area contributed by atoms with Crippen LogP contribution in [0.15, 0.2) is 22.7 Å². The molecule has 1 aromatic rings. The maximum absolute atomic E-state index is 12.3. The molecule has 1 aliphatic rings. The Bertz CT molecular complexity index is 550. The molecule has 0 saturated heterocycles. The van der Waals surface area contributed by atoms with Crippen LogP contribution < -0.4 is 5.32 Å². The van der Waals surface area contributed by atoms with Gasteiger partial charge >= 0.3 is 5.97 Å². The van der Waals surface area contributed by atoms with E-state index >= 15 is 0 Å². The van der Waals surface area contributed by atoms with E-state index in [4.69, 9.17) is 5.11 Å². The lowest BCUT2D eigenvalue weighted by atomic mass is 9.94. The minimum Gasteiger partial charge on any atom is -0.478 e. The predicted molar refractivity (Wildman–Crippen MR) is 88.1 cm³/mol. The maximum Gasteiger partial charge on any atom is 0.335 e. The second-order valence-electron chi connectivity index (χ2n) is 5.23. The number of benzene rings is 1. The quantitative estimate of drug-likeness (QED) is 0.848. The van der Waals surface area contributed by atoms with Crippen LogP contribution in [0.2, 0.25) is 0 Å². The van der Waals surface area contributed by atoms with Crippen molar-refractivity contribution < 1.29 is 14.7 Å². The highest BCUT2D eigenvalue weighted by molar-refractivity contribution is 9.10. The average Bonchev–Trinajstić information content (AvgIpc) is 2.46. The SMILES string of the molecule is CSC1CCCC(NC(=O)c2cc(Br)cc(C(=O)O)c2)C1. The Kier molecular flexibility index (Phi) is 5.70. The van der Waals surface area contributed by atoms with E-state index in [2.05, 4.69) is 27.5 Å². The molecule has 1 saturated carbocycles. The lowest BCUT2D eigenvalue weighted by molar-refractivity contribution is 0.0697. The van der Waals surface area contributed by atoms with Crippen molar-refractivity contribution >= 4 is 39.6 Å². The van der Waals surface area contributed by atoms with Crippen molar-refractivity contribution in [2.24, 2.45) is 0 Å². The van der Waals surface area contributed by atoms with Crippen molar-refractivity contribution in [1.29, 1.82) is 0 Å². The molecule has 114 valence electrons. The molecule has 0 heterocycles. The van der Waals surface area contributed by atoms with Gasteiger partial charge in [0.15, 0.2) is 0 Å². The Labute approximate surface area is 136 Å². The molecule has 1 aliphatic carbocycles. The molecular formula is C15H18BrNO3S. The van der Waals surface area contributed by atoms with Crippen molar-refractivity contribution in [1.82, 2.24) is 5.32 Å². The number of hydrogen-bond donors (Lipinski definition) is 2. The average molecular weight is 372 g/mol. The van der Waals surface area contributed by atoms with Crippen LogP contribution in [0.25, 0.3) is 0 Å². The van der Waals surface area contributed by atoms with Gasteiger partial charge < -0.3 is 10.4 Å². The fourth-order valence-electron chi connectivity index (χ4n) is 2.60. The number of hydrogen-bond acceptors (Lipinski definition) is 3. The van der Waals surface area contributed by atoms with Crippen molar-refractivity contribution in [3.63, 3.8) is 0 Å². The summed E-state index contributed by atoms with van der Waals surface area (Å²) in [4.78, 5) is 23.3. The molecule has 0 radical (unpaired) electrons. The van der Waals surface area contributed by atoms with Crippen molar-refractivity contribution in [2.75, 3.05) is 6.26 Å². The number of carbonyl (C=O) groups is 2. The van der Waals surface area contributed by atoms with E-state index in [9.17, 15) is 9.59 Å². The van der Waals surface area contributed by atoms with Crippen molar-refractivity contribution in [3.8, 4) is 0 Å². The largest absolute Gasteiger partial charge is 0.478 e. The van der Waals surface area contributed by atoms with Gasteiger partial charge in [0.05, 0.1) is 5.56 Å². The van der Waals surface area contributed by atoms with Crippen LogP contribution in [-0.2, 0) is 0 Å². The standard InChI is InChI=1S/C15H18BrNO3S/c1-21-13-4-2-3-12(8-13)17-14(18)9-5-10(15(19)20)7-11(16)6-9/h5-7,12-13H,2-4,8H2,1H3,(H,17,18)(H,19,20). The fraction of sp³-hybridized carbons (Fsp3) is 0.467. The van der Waals surface area contributed by atoms with Gasteiger partial charge in [0.1, 0.15) is 0 Å². The molecule has 0 bridgehead atoms. The third-order valence-electron chi connectivity index (χ3n) is 3.70. The molecule has 1 aromatic carbocycles. The summed E-state index contributed by atoms with van der Waals surface area (Å²) in [7, 11) is 0. The number of amides is 1. The van der Waals surface area contributed by atoms with Crippen molar-refractivity contribution in [2.45, 2.75) is 37.0 Å². The molecule has 2 unspecified atom stereocenters. The third-order valence-corrected chi connectivity index (χ3v) is 5.25. The molecule has 1 amide bonds. The van der Waals surface area contributed by atoms with E-state index in [0.29, 0.717) is 15.3 Å². The van der Waals surface area contributed by atoms with Gasteiger partial charge in [0, 0.05) is 21.3 Å². The van der Waals surface area contributed by atoms with Crippen molar-refractivity contribution in [3.05, 3.63) is 33.8 Å². The summed E-state index contributed by atoms with van der Waals surface area (Å²) in [6, 6.07) is 4.73. The number of carboxylic acid groups (broad SMARTS) is 1. The van der Waals surface area contributed by atoms with Gasteiger partial charge in [-0.1, -0.05) is 22.4 Å². The first-order valence-corrected chi connectivity index (χ1v) is 8.95. The minimum atomic E-state index is -1.04. The molecule has 0 spiro atoms. The van der Waals surface area contributed by atoms with E-state index in [1.165, 1.54) is 18.6 Å². The Morgan fingerprint density at radius 3 is 2.67 bits per heavy atom. The molecule has 1 fully saturated rings. The number of thioether (sulfide) groups is 1. The molecular weight excluding hydrogens is 354 g/mol. The van der Waals surface area contributed by atoms with E-state index in [1.807, 2.05) is 11.8 Å². The highest BCUT2D eigenvalue weighted by atomic mass is 79.9. The second-order valence-corrected chi connectivity index (χ2v) is 7.28. The molecule has 0 aliphatic heterocycles. The van der Waals surface area contributed by atoms with E-state index < -0.39 is 5.97 Å². The Hall–Kier alpha value is -1.01. The topological polar surface area (TPSA) is 66.4 Å². The summed E-state index contributed by atoms with van der Waals surface area (Å²) >= 11 is 5.09. The van der Waals surface area contributed by atoms with Gasteiger partial charge in [-0.25, -0.2) is 4.79 Å². The zero-order chi connectivity index (χ0) is 15.4.